The average molecular weight is 345 g/mol. The summed E-state index contributed by atoms with van der Waals surface area (Å²) in [6.45, 7) is 6.43. The molecule has 1 amide bonds. The lowest BCUT2D eigenvalue weighted by Crippen LogP contribution is -2.55. The van der Waals surface area contributed by atoms with Crippen molar-refractivity contribution in [2.75, 3.05) is 32.9 Å². The lowest BCUT2D eigenvalue weighted by molar-refractivity contribution is -0.153. The van der Waals surface area contributed by atoms with Gasteiger partial charge in [0, 0.05) is 13.1 Å². The molecule has 0 bridgehead atoms. The summed E-state index contributed by atoms with van der Waals surface area (Å²) >= 11 is 0. The maximum absolute atomic E-state index is 12.7. The van der Waals surface area contributed by atoms with Gasteiger partial charge in [-0.1, -0.05) is 29.8 Å². The normalized spacial score (nSPS) is 23.7. The van der Waals surface area contributed by atoms with E-state index in [4.69, 9.17) is 14.5 Å². The second kappa shape index (κ2) is 7.65. The van der Waals surface area contributed by atoms with Crippen LogP contribution in [-0.4, -0.2) is 55.6 Å². The Balaban J connectivity index is 1.95. The van der Waals surface area contributed by atoms with Gasteiger partial charge in [0.25, 0.3) is 0 Å². The first-order chi connectivity index (χ1) is 12.1. The summed E-state index contributed by atoms with van der Waals surface area (Å²) in [7, 11) is 0. The summed E-state index contributed by atoms with van der Waals surface area (Å²) in [6.07, 6.45) is 0. The van der Waals surface area contributed by atoms with E-state index in [2.05, 4.69) is 5.32 Å². The van der Waals surface area contributed by atoms with Gasteiger partial charge >= 0.3 is 5.97 Å². The zero-order chi connectivity index (χ0) is 17.8. The monoisotopic (exact) mass is 345 g/mol. The van der Waals surface area contributed by atoms with Crippen molar-refractivity contribution in [1.29, 1.82) is 0 Å². The Kier molecular flexibility index (Phi) is 5.33. The maximum atomic E-state index is 12.7. The van der Waals surface area contributed by atoms with Crippen molar-refractivity contribution >= 4 is 17.8 Å². The van der Waals surface area contributed by atoms with Crippen LogP contribution in [0.15, 0.2) is 29.3 Å². The van der Waals surface area contributed by atoms with E-state index in [0.717, 1.165) is 11.1 Å². The van der Waals surface area contributed by atoms with Crippen LogP contribution < -0.4 is 5.32 Å². The van der Waals surface area contributed by atoms with Crippen LogP contribution in [0.3, 0.4) is 0 Å². The summed E-state index contributed by atoms with van der Waals surface area (Å²) < 4.78 is 10.5. The quantitative estimate of drug-likeness (QED) is 0.654. The van der Waals surface area contributed by atoms with Crippen LogP contribution in [0.2, 0.25) is 0 Å². The Morgan fingerprint density at radius 2 is 2.00 bits per heavy atom. The van der Waals surface area contributed by atoms with E-state index in [-0.39, 0.29) is 12.5 Å². The molecule has 0 unspecified atom stereocenters. The highest BCUT2D eigenvalue weighted by atomic mass is 16.5. The van der Waals surface area contributed by atoms with Crippen LogP contribution in [-0.2, 0) is 19.1 Å². The summed E-state index contributed by atoms with van der Waals surface area (Å²) in [5.41, 5.74) is 1.93. The van der Waals surface area contributed by atoms with Gasteiger partial charge in [0.1, 0.15) is 6.04 Å². The average Bonchev–Trinajstić information content (AvgIpc) is 2.62. The summed E-state index contributed by atoms with van der Waals surface area (Å²) in [5, 5.41) is 2.77. The van der Waals surface area contributed by atoms with E-state index in [0.29, 0.717) is 32.3 Å². The molecule has 0 aliphatic carbocycles. The number of ether oxygens (including phenoxy) is 2. The lowest BCUT2D eigenvalue weighted by Gasteiger charge is -2.35. The highest BCUT2D eigenvalue weighted by Crippen LogP contribution is 2.31. The number of esters is 1. The van der Waals surface area contributed by atoms with Gasteiger partial charge in [0.05, 0.1) is 19.8 Å². The number of rotatable bonds is 3. The molecule has 2 aliphatic heterocycles. The molecule has 1 aromatic carbocycles. The van der Waals surface area contributed by atoms with E-state index in [1.54, 1.807) is 6.92 Å². The third kappa shape index (κ3) is 3.82. The van der Waals surface area contributed by atoms with E-state index >= 15 is 0 Å². The van der Waals surface area contributed by atoms with Crippen molar-refractivity contribution in [1.82, 2.24) is 10.2 Å². The molecule has 25 heavy (non-hydrogen) atoms. The number of hydrogen-bond acceptors (Lipinski definition) is 6. The molecule has 2 aliphatic rings. The van der Waals surface area contributed by atoms with E-state index in [1.165, 1.54) is 0 Å². The number of aryl methyl sites for hydroxylation is 1. The molecule has 0 spiro atoms. The minimum atomic E-state index is -0.979. The molecule has 2 heterocycles. The molecule has 1 saturated heterocycles. The third-order valence-electron chi connectivity index (χ3n) is 4.36. The highest BCUT2D eigenvalue weighted by Gasteiger charge is 2.42. The smallest absolute Gasteiger partial charge is 0.321 e. The molecule has 0 aromatic heterocycles. The van der Waals surface area contributed by atoms with Crippen LogP contribution in [0.5, 0.6) is 0 Å². The van der Waals surface area contributed by atoms with E-state index < -0.39 is 17.9 Å². The fourth-order valence-electron chi connectivity index (χ4n) is 3.00. The van der Waals surface area contributed by atoms with Crippen molar-refractivity contribution in [3.63, 3.8) is 0 Å². The molecule has 0 radical (unpaired) electrons. The Morgan fingerprint density at radius 3 is 2.64 bits per heavy atom. The number of nitrogens with one attached hydrogen (secondary N) is 1. The molecule has 1 N–H and O–H groups in total. The minimum absolute atomic E-state index is 0.225. The first-order valence-electron chi connectivity index (χ1n) is 8.54. The van der Waals surface area contributed by atoms with Crippen molar-refractivity contribution in [2.24, 2.45) is 10.9 Å². The third-order valence-corrected chi connectivity index (χ3v) is 4.36. The van der Waals surface area contributed by atoms with Crippen LogP contribution in [0.25, 0.3) is 0 Å². The fourth-order valence-corrected chi connectivity index (χ4v) is 3.00. The molecule has 1 fully saturated rings. The second-order valence-electron chi connectivity index (χ2n) is 6.13. The fraction of sp³-hybridized carbons (Fsp3) is 0.500. The maximum Gasteiger partial charge on any atom is 0.321 e. The first kappa shape index (κ1) is 17.4. The van der Waals surface area contributed by atoms with Crippen LogP contribution in [0.4, 0.5) is 0 Å². The largest absolute Gasteiger partial charge is 0.465 e. The van der Waals surface area contributed by atoms with Gasteiger partial charge in [0.2, 0.25) is 11.9 Å². The number of hydrogen-bond donors (Lipinski definition) is 1. The summed E-state index contributed by atoms with van der Waals surface area (Å²) in [6, 6.07) is 7.13. The SMILES string of the molecule is CCOC(=O)[C@@H]1C(=O)NC(N2CCOCC2)=N[C@H]1c1ccc(C)cc1. The Bertz CT molecular complexity index is 665. The van der Waals surface area contributed by atoms with E-state index in [9.17, 15) is 9.59 Å². The Hall–Kier alpha value is -2.41. The van der Waals surface area contributed by atoms with Crippen LogP contribution in [0.1, 0.15) is 24.1 Å². The molecule has 134 valence electrons. The van der Waals surface area contributed by atoms with Crippen molar-refractivity contribution < 1.29 is 19.1 Å². The topological polar surface area (TPSA) is 80.2 Å². The molecule has 7 nitrogen and oxygen atoms in total. The molecular formula is C18H23N3O4. The Labute approximate surface area is 147 Å². The molecule has 7 heteroatoms. The number of benzene rings is 1. The predicted octanol–water partition coefficient (Wildman–Crippen LogP) is 1.03. The predicted molar refractivity (Wildman–Crippen MR) is 92.0 cm³/mol. The van der Waals surface area contributed by atoms with E-state index in [1.807, 2.05) is 36.1 Å². The standard InChI is InChI=1S/C18H23N3O4/c1-3-25-17(23)14-15(13-6-4-12(2)5-7-13)19-18(20-16(14)22)21-8-10-24-11-9-21/h4-7,14-15H,3,8-11H2,1-2H3,(H,19,20,22)/t14-,15-/m0/s1. The van der Waals surface area contributed by atoms with Gasteiger partial charge in [-0.3, -0.25) is 14.9 Å². The molecule has 3 rings (SSSR count). The van der Waals surface area contributed by atoms with Gasteiger partial charge in [0.15, 0.2) is 5.92 Å². The van der Waals surface area contributed by atoms with Crippen molar-refractivity contribution in [3.8, 4) is 0 Å². The number of carbonyl (C=O) groups excluding carboxylic acids is 2. The van der Waals surface area contributed by atoms with Gasteiger partial charge in [-0.05, 0) is 19.4 Å². The number of nitrogens with zero attached hydrogens (tertiary/aromatic N) is 2. The van der Waals surface area contributed by atoms with Gasteiger partial charge in [-0.15, -0.1) is 0 Å². The van der Waals surface area contributed by atoms with Crippen molar-refractivity contribution in [3.05, 3.63) is 35.4 Å². The van der Waals surface area contributed by atoms with Gasteiger partial charge < -0.3 is 14.4 Å². The van der Waals surface area contributed by atoms with Crippen LogP contribution in [0, 0.1) is 12.8 Å². The summed E-state index contributed by atoms with van der Waals surface area (Å²) in [5.74, 6) is -1.40. The van der Waals surface area contributed by atoms with Gasteiger partial charge in [-0.25, -0.2) is 4.99 Å². The lowest BCUT2D eigenvalue weighted by atomic mass is 9.91. The zero-order valence-corrected chi connectivity index (χ0v) is 14.5. The van der Waals surface area contributed by atoms with Gasteiger partial charge in [-0.2, -0.15) is 0 Å². The van der Waals surface area contributed by atoms with Crippen molar-refractivity contribution in [2.45, 2.75) is 19.9 Å². The first-order valence-corrected chi connectivity index (χ1v) is 8.54. The number of aliphatic imine (C=N–C) groups is 1. The highest BCUT2D eigenvalue weighted by molar-refractivity contribution is 6.08. The molecule has 0 saturated carbocycles. The molecule has 1 aromatic rings. The minimum Gasteiger partial charge on any atom is -0.465 e. The zero-order valence-electron chi connectivity index (χ0n) is 14.5. The number of guanidine groups is 1. The second-order valence-corrected chi connectivity index (χ2v) is 6.13. The Morgan fingerprint density at radius 1 is 1.32 bits per heavy atom. The van der Waals surface area contributed by atoms with Crippen LogP contribution >= 0.6 is 0 Å². The summed E-state index contributed by atoms with van der Waals surface area (Å²) in [4.78, 5) is 31.7. The molecule has 2 atom stereocenters. The number of carbonyl (C=O) groups is 2. The molecular weight excluding hydrogens is 322 g/mol. The number of amides is 1. The number of morpholine rings is 1.